The van der Waals surface area contributed by atoms with Crippen LogP contribution in [-0.4, -0.2) is 19.9 Å². The molecule has 3 rings (SSSR count). The molecule has 2 unspecified atom stereocenters. The molecular formula is C14H15NO2S. The molecule has 1 aliphatic heterocycles. The molecular weight excluding hydrogens is 246 g/mol. The fraction of sp³-hybridized carbons (Fsp3) is 0.500. The van der Waals surface area contributed by atoms with Crippen LogP contribution in [-0.2, 0) is 21.7 Å². The van der Waals surface area contributed by atoms with Crippen molar-refractivity contribution >= 4 is 9.84 Å². The highest BCUT2D eigenvalue weighted by Gasteiger charge is 2.49. The van der Waals surface area contributed by atoms with Gasteiger partial charge < -0.3 is 0 Å². The van der Waals surface area contributed by atoms with E-state index in [0.717, 1.165) is 18.4 Å². The van der Waals surface area contributed by atoms with Crippen LogP contribution in [0.15, 0.2) is 24.3 Å². The van der Waals surface area contributed by atoms with E-state index in [1.807, 2.05) is 18.2 Å². The van der Waals surface area contributed by atoms with E-state index >= 15 is 0 Å². The molecule has 1 aliphatic carbocycles. The number of hydrogen-bond acceptors (Lipinski definition) is 3. The van der Waals surface area contributed by atoms with E-state index in [-0.39, 0.29) is 17.4 Å². The van der Waals surface area contributed by atoms with Crippen LogP contribution in [0.3, 0.4) is 0 Å². The van der Waals surface area contributed by atoms with Gasteiger partial charge in [0.25, 0.3) is 0 Å². The smallest absolute Gasteiger partial charge is 0.150 e. The van der Waals surface area contributed by atoms with E-state index in [2.05, 4.69) is 12.1 Å². The van der Waals surface area contributed by atoms with Crippen molar-refractivity contribution in [2.45, 2.75) is 24.7 Å². The molecule has 1 heterocycles. The summed E-state index contributed by atoms with van der Waals surface area (Å²) in [6.45, 7) is 0. The molecule has 3 nitrogen and oxygen atoms in total. The maximum absolute atomic E-state index is 11.7. The van der Waals surface area contributed by atoms with Crippen LogP contribution < -0.4 is 0 Å². The van der Waals surface area contributed by atoms with Crippen molar-refractivity contribution in [1.29, 1.82) is 5.26 Å². The lowest BCUT2D eigenvalue weighted by molar-refractivity contribution is 0.372. The number of sulfone groups is 1. The summed E-state index contributed by atoms with van der Waals surface area (Å²) in [5.41, 5.74) is 1.71. The fourth-order valence-electron chi connectivity index (χ4n) is 3.46. The Morgan fingerprint density at radius 1 is 1.33 bits per heavy atom. The normalized spacial score (nSPS) is 32.9. The van der Waals surface area contributed by atoms with Gasteiger partial charge in [-0.3, -0.25) is 0 Å². The summed E-state index contributed by atoms with van der Waals surface area (Å²) < 4.78 is 23.3. The molecule has 4 heteroatoms. The van der Waals surface area contributed by atoms with Crippen LogP contribution in [0.5, 0.6) is 0 Å². The van der Waals surface area contributed by atoms with E-state index in [0.29, 0.717) is 6.42 Å². The molecule has 18 heavy (non-hydrogen) atoms. The highest BCUT2D eigenvalue weighted by Crippen LogP contribution is 2.47. The number of hydrogen-bond donors (Lipinski definition) is 0. The Morgan fingerprint density at radius 3 is 2.78 bits per heavy atom. The Balaban J connectivity index is 2.07. The van der Waals surface area contributed by atoms with Crippen molar-refractivity contribution in [2.75, 3.05) is 11.5 Å². The number of nitriles is 1. The minimum Gasteiger partial charge on any atom is -0.229 e. The summed E-state index contributed by atoms with van der Waals surface area (Å²) in [6, 6.07) is 10.4. The summed E-state index contributed by atoms with van der Waals surface area (Å²) in [6.07, 6.45) is 2.29. The minimum absolute atomic E-state index is 0.0313. The molecule has 1 aromatic rings. The third kappa shape index (κ3) is 1.58. The zero-order chi connectivity index (χ0) is 12.8. The lowest BCUT2D eigenvalue weighted by Crippen LogP contribution is -2.32. The Kier molecular flexibility index (Phi) is 2.49. The second kappa shape index (κ2) is 3.83. The lowest BCUT2D eigenvalue weighted by atomic mass is 9.72. The predicted octanol–water partition coefficient (Wildman–Crippen LogP) is 1.83. The van der Waals surface area contributed by atoms with Crippen LogP contribution in [0, 0.1) is 17.2 Å². The van der Waals surface area contributed by atoms with Crippen molar-refractivity contribution in [3.63, 3.8) is 0 Å². The Morgan fingerprint density at radius 2 is 2.11 bits per heavy atom. The molecule has 0 aromatic heterocycles. The molecule has 0 bridgehead atoms. The summed E-state index contributed by atoms with van der Waals surface area (Å²) in [5, 5.41) is 9.65. The van der Waals surface area contributed by atoms with Gasteiger partial charge in [0.1, 0.15) is 0 Å². The SMILES string of the molecule is N#CC1(C2CCS(=O)(=O)C2)CCc2ccccc21. The van der Waals surface area contributed by atoms with Gasteiger partial charge in [0, 0.05) is 0 Å². The molecule has 0 radical (unpaired) electrons. The average Bonchev–Trinajstić information content (AvgIpc) is 2.91. The second-order valence-electron chi connectivity index (χ2n) is 5.34. The van der Waals surface area contributed by atoms with Gasteiger partial charge >= 0.3 is 0 Å². The first kappa shape index (κ1) is 11.7. The lowest BCUT2D eigenvalue weighted by Gasteiger charge is -2.28. The van der Waals surface area contributed by atoms with Crippen molar-refractivity contribution < 1.29 is 8.42 Å². The molecule has 2 aliphatic rings. The zero-order valence-electron chi connectivity index (χ0n) is 10.1. The molecule has 1 fully saturated rings. The van der Waals surface area contributed by atoms with E-state index in [9.17, 15) is 13.7 Å². The van der Waals surface area contributed by atoms with Crippen LogP contribution >= 0.6 is 0 Å². The third-order valence-electron chi connectivity index (χ3n) is 4.42. The van der Waals surface area contributed by atoms with Crippen molar-refractivity contribution in [3.05, 3.63) is 35.4 Å². The number of rotatable bonds is 1. The predicted molar refractivity (Wildman–Crippen MR) is 68.8 cm³/mol. The summed E-state index contributed by atoms with van der Waals surface area (Å²) in [7, 11) is -2.93. The number of nitrogens with zero attached hydrogens (tertiary/aromatic N) is 1. The minimum atomic E-state index is -2.93. The maximum Gasteiger partial charge on any atom is 0.150 e. The molecule has 0 spiro atoms. The van der Waals surface area contributed by atoms with Gasteiger partial charge in [-0.05, 0) is 36.3 Å². The average molecular weight is 261 g/mol. The van der Waals surface area contributed by atoms with Gasteiger partial charge in [-0.1, -0.05) is 24.3 Å². The molecule has 0 saturated carbocycles. The molecule has 94 valence electrons. The monoisotopic (exact) mass is 261 g/mol. The first-order valence-corrected chi connectivity index (χ1v) is 8.10. The third-order valence-corrected chi connectivity index (χ3v) is 6.18. The Bertz CT molecular complexity index is 629. The van der Waals surface area contributed by atoms with Crippen LogP contribution in [0.2, 0.25) is 0 Å². The summed E-state index contributed by atoms with van der Waals surface area (Å²) in [4.78, 5) is 0. The summed E-state index contributed by atoms with van der Waals surface area (Å²) in [5.74, 6) is 0.383. The molecule has 1 aromatic carbocycles. The summed E-state index contributed by atoms with van der Waals surface area (Å²) >= 11 is 0. The quantitative estimate of drug-likeness (QED) is 0.775. The highest BCUT2D eigenvalue weighted by atomic mass is 32.2. The maximum atomic E-state index is 11.7. The van der Waals surface area contributed by atoms with Gasteiger partial charge in [-0.25, -0.2) is 8.42 Å². The first-order chi connectivity index (χ1) is 8.57. The van der Waals surface area contributed by atoms with Crippen LogP contribution in [0.4, 0.5) is 0 Å². The zero-order valence-corrected chi connectivity index (χ0v) is 10.9. The largest absolute Gasteiger partial charge is 0.229 e. The molecule has 0 amide bonds. The topological polar surface area (TPSA) is 57.9 Å². The molecule has 1 saturated heterocycles. The van der Waals surface area contributed by atoms with Crippen molar-refractivity contribution in [2.24, 2.45) is 5.92 Å². The molecule has 0 N–H and O–H groups in total. The highest BCUT2D eigenvalue weighted by molar-refractivity contribution is 7.91. The number of fused-ring (bicyclic) bond motifs is 1. The van der Waals surface area contributed by atoms with Crippen molar-refractivity contribution in [1.82, 2.24) is 0 Å². The van der Waals surface area contributed by atoms with E-state index < -0.39 is 15.3 Å². The fourth-order valence-corrected chi connectivity index (χ4v) is 5.33. The van der Waals surface area contributed by atoms with Gasteiger partial charge in [0.2, 0.25) is 0 Å². The van der Waals surface area contributed by atoms with Gasteiger partial charge in [-0.15, -0.1) is 0 Å². The van der Waals surface area contributed by atoms with Gasteiger partial charge in [-0.2, -0.15) is 5.26 Å². The Hall–Kier alpha value is -1.34. The van der Waals surface area contributed by atoms with E-state index in [1.54, 1.807) is 0 Å². The molecule has 2 atom stereocenters. The van der Waals surface area contributed by atoms with E-state index in [4.69, 9.17) is 0 Å². The van der Waals surface area contributed by atoms with Gasteiger partial charge in [0.05, 0.1) is 23.0 Å². The standard InChI is InChI=1S/C14H15NO2S/c15-10-14(12-6-8-18(16,17)9-12)7-5-11-3-1-2-4-13(11)14/h1-4,12H,5-9H2. The van der Waals surface area contributed by atoms with Gasteiger partial charge in [0.15, 0.2) is 9.84 Å². The van der Waals surface area contributed by atoms with Crippen LogP contribution in [0.1, 0.15) is 24.0 Å². The number of aryl methyl sites for hydroxylation is 1. The first-order valence-electron chi connectivity index (χ1n) is 6.27. The van der Waals surface area contributed by atoms with Crippen molar-refractivity contribution in [3.8, 4) is 6.07 Å². The Labute approximate surface area is 107 Å². The van der Waals surface area contributed by atoms with E-state index in [1.165, 1.54) is 5.56 Å². The number of benzene rings is 1. The van der Waals surface area contributed by atoms with Crippen LogP contribution in [0.25, 0.3) is 0 Å². The second-order valence-corrected chi connectivity index (χ2v) is 7.57.